The van der Waals surface area contributed by atoms with E-state index in [0.29, 0.717) is 32.2 Å². The van der Waals surface area contributed by atoms with Gasteiger partial charge in [-0.3, -0.25) is 0 Å². The van der Waals surface area contributed by atoms with E-state index in [1.807, 2.05) is 13.8 Å². The summed E-state index contributed by atoms with van der Waals surface area (Å²) in [7, 11) is 0. The standard InChI is InChI=1S/C23H34N4O4/c1-18(9-20(2,3)7-8-24-14-28)19(26-16-30)23(27-17-31)11-21(4,5)10-22(6,12-23)13-25-15-29/h18-19H,7-13H2,1-6H3. The average molecular weight is 431 g/mol. The molecule has 0 spiro atoms. The molecule has 0 aromatic rings. The minimum Gasteiger partial charge on any atom is -0.211 e. The number of aliphatic imine (C=N–C) groups is 4. The highest BCUT2D eigenvalue weighted by atomic mass is 16.1. The third kappa shape index (κ3) is 7.61. The highest BCUT2D eigenvalue weighted by molar-refractivity contribution is 5.39. The summed E-state index contributed by atoms with van der Waals surface area (Å²) in [4.78, 5) is 60.0. The third-order valence-electron chi connectivity index (χ3n) is 6.34. The Morgan fingerprint density at radius 2 is 1.55 bits per heavy atom. The molecule has 1 aliphatic rings. The zero-order chi connectivity index (χ0) is 23.8. The van der Waals surface area contributed by atoms with Crippen LogP contribution in [-0.2, 0) is 19.2 Å². The largest absolute Gasteiger partial charge is 0.235 e. The molecule has 1 aliphatic carbocycles. The Morgan fingerprint density at radius 3 is 2.10 bits per heavy atom. The van der Waals surface area contributed by atoms with E-state index in [4.69, 9.17) is 0 Å². The molecule has 0 bridgehead atoms. The smallest absolute Gasteiger partial charge is 0.211 e. The van der Waals surface area contributed by atoms with Gasteiger partial charge in [-0.05, 0) is 54.3 Å². The van der Waals surface area contributed by atoms with Gasteiger partial charge >= 0.3 is 0 Å². The molecular weight excluding hydrogens is 396 g/mol. The molecule has 8 nitrogen and oxygen atoms in total. The zero-order valence-corrected chi connectivity index (χ0v) is 19.5. The molecule has 4 unspecified atom stereocenters. The van der Waals surface area contributed by atoms with E-state index in [2.05, 4.69) is 47.7 Å². The van der Waals surface area contributed by atoms with Gasteiger partial charge in [-0.15, -0.1) is 0 Å². The van der Waals surface area contributed by atoms with E-state index in [1.54, 1.807) is 24.3 Å². The lowest BCUT2D eigenvalue weighted by Gasteiger charge is -2.53. The monoisotopic (exact) mass is 430 g/mol. The summed E-state index contributed by atoms with van der Waals surface area (Å²) in [5.41, 5.74) is -1.78. The fraction of sp³-hybridized carbons (Fsp3) is 0.826. The molecule has 0 heterocycles. The van der Waals surface area contributed by atoms with Crippen molar-refractivity contribution in [2.45, 2.75) is 85.2 Å². The number of carbonyl (C=O) groups excluding carboxylic acids is 4. The fourth-order valence-corrected chi connectivity index (χ4v) is 6.01. The van der Waals surface area contributed by atoms with Gasteiger partial charge in [0.25, 0.3) is 0 Å². The number of hydrogen-bond donors (Lipinski definition) is 0. The van der Waals surface area contributed by atoms with Crippen molar-refractivity contribution in [1.82, 2.24) is 0 Å². The second-order valence-electron chi connectivity index (χ2n) is 11.0. The first kappa shape index (κ1) is 26.6. The minimum atomic E-state index is -0.954. The van der Waals surface area contributed by atoms with Crippen molar-refractivity contribution in [2.24, 2.45) is 42.1 Å². The Balaban J connectivity index is 3.41. The van der Waals surface area contributed by atoms with Gasteiger partial charge in [-0.25, -0.2) is 29.2 Å². The second-order valence-corrected chi connectivity index (χ2v) is 11.0. The van der Waals surface area contributed by atoms with Gasteiger partial charge < -0.3 is 0 Å². The zero-order valence-electron chi connectivity index (χ0n) is 19.5. The van der Waals surface area contributed by atoms with Gasteiger partial charge in [0.1, 0.15) is 0 Å². The van der Waals surface area contributed by atoms with E-state index in [1.165, 1.54) is 0 Å². The van der Waals surface area contributed by atoms with Crippen molar-refractivity contribution in [2.75, 3.05) is 13.1 Å². The average Bonchev–Trinajstić information content (AvgIpc) is 2.62. The summed E-state index contributed by atoms with van der Waals surface area (Å²) in [5, 5.41) is 0. The maximum Gasteiger partial charge on any atom is 0.235 e. The van der Waals surface area contributed by atoms with Crippen LogP contribution in [0.2, 0.25) is 0 Å². The first-order chi connectivity index (χ1) is 14.4. The lowest BCUT2D eigenvalue weighted by Crippen LogP contribution is -2.55. The number of nitrogens with zero attached hydrogens (tertiary/aromatic N) is 4. The van der Waals surface area contributed by atoms with Crippen LogP contribution in [0.1, 0.15) is 73.6 Å². The van der Waals surface area contributed by atoms with Crippen LogP contribution in [0.3, 0.4) is 0 Å². The van der Waals surface area contributed by atoms with Gasteiger partial charge in [0, 0.05) is 0 Å². The highest BCUT2D eigenvalue weighted by Gasteiger charge is 2.55. The van der Waals surface area contributed by atoms with Crippen molar-refractivity contribution < 1.29 is 19.2 Å². The van der Waals surface area contributed by atoms with Crippen LogP contribution < -0.4 is 0 Å². The number of hydrogen-bond acceptors (Lipinski definition) is 8. The summed E-state index contributed by atoms with van der Waals surface area (Å²) < 4.78 is 0. The lowest BCUT2D eigenvalue weighted by molar-refractivity contribution is 0.0186. The van der Waals surface area contributed by atoms with Crippen molar-refractivity contribution in [3.63, 3.8) is 0 Å². The molecule has 0 saturated heterocycles. The third-order valence-corrected chi connectivity index (χ3v) is 6.34. The van der Waals surface area contributed by atoms with E-state index in [-0.39, 0.29) is 23.3 Å². The SMILES string of the molecule is CC(CC(C)(C)CCN=C=O)C(N=C=O)C1(N=C=O)CC(C)(C)CC(C)(CN=C=O)C1. The molecule has 0 aromatic heterocycles. The van der Waals surface area contributed by atoms with Gasteiger partial charge in [0.15, 0.2) is 0 Å². The summed E-state index contributed by atoms with van der Waals surface area (Å²) in [6, 6.07) is -0.584. The van der Waals surface area contributed by atoms with Crippen molar-refractivity contribution in [3.8, 4) is 0 Å². The quantitative estimate of drug-likeness (QED) is 0.362. The second kappa shape index (κ2) is 10.7. The fourth-order valence-electron chi connectivity index (χ4n) is 6.01. The maximum absolute atomic E-state index is 11.5. The Kier molecular flexibility index (Phi) is 9.17. The predicted molar refractivity (Wildman–Crippen MR) is 117 cm³/mol. The molecular formula is C23H34N4O4. The Hall–Kier alpha value is -2.48. The molecule has 1 fully saturated rings. The van der Waals surface area contributed by atoms with Crippen LogP contribution in [0.5, 0.6) is 0 Å². The molecule has 170 valence electrons. The summed E-state index contributed by atoms with van der Waals surface area (Å²) in [6.07, 6.45) is 9.70. The molecule has 0 amide bonds. The first-order valence-electron chi connectivity index (χ1n) is 10.6. The van der Waals surface area contributed by atoms with Crippen LogP contribution in [0, 0.1) is 22.2 Å². The Bertz CT molecular complexity index is 829. The summed E-state index contributed by atoms with van der Waals surface area (Å²) in [5.74, 6) is -0.110. The van der Waals surface area contributed by atoms with Crippen LogP contribution in [0.4, 0.5) is 0 Å². The molecule has 0 N–H and O–H groups in total. The normalized spacial score (nSPS) is 26.8. The maximum atomic E-state index is 11.5. The molecule has 1 rings (SSSR count). The molecule has 31 heavy (non-hydrogen) atoms. The minimum absolute atomic E-state index is 0.110. The molecule has 0 radical (unpaired) electrons. The molecule has 0 aromatic carbocycles. The summed E-state index contributed by atoms with van der Waals surface area (Å²) >= 11 is 0. The van der Waals surface area contributed by atoms with Crippen LogP contribution in [0.25, 0.3) is 0 Å². The Labute approximate surface area is 184 Å². The lowest BCUT2D eigenvalue weighted by atomic mass is 9.54. The van der Waals surface area contributed by atoms with E-state index in [9.17, 15) is 19.2 Å². The van der Waals surface area contributed by atoms with Crippen LogP contribution in [-0.4, -0.2) is 49.0 Å². The molecule has 0 aliphatic heterocycles. The molecule has 1 saturated carbocycles. The van der Waals surface area contributed by atoms with E-state index >= 15 is 0 Å². The predicted octanol–water partition coefficient (Wildman–Crippen LogP) is 4.10. The summed E-state index contributed by atoms with van der Waals surface area (Å²) in [6.45, 7) is 12.9. The Morgan fingerprint density at radius 1 is 0.903 bits per heavy atom. The molecule has 4 atom stereocenters. The topological polar surface area (TPSA) is 118 Å². The van der Waals surface area contributed by atoms with E-state index in [0.717, 1.165) is 6.42 Å². The first-order valence-corrected chi connectivity index (χ1v) is 10.6. The van der Waals surface area contributed by atoms with Gasteiger partial charge in [0.05, 0.1) is 24.7 Å². The van der Waals surface area contributed by atoms with Crippen molar-refractivity contribution in [3.05, 3.63) is 0 Å². The van der Waals surface area contributed by atoms with Crippen LogP contribution >= 0.6 is 0 Å². The molecule has 8 heteroatoms. The number of rotatable bonds is 11. The van der Waals surface area contributed by atoms with Gasteiger partial charge in [-0.2, -0.15) is 9.98 Å². The van der Waals surface area contributed by atoms with Gasteiger partial charge in [-0.1, -0.05) is 41.5 Å². The van der Waals surface area contributed by atoms with Gasteiger partial charge in [0.2, 0.25) is 24.3 Å². The van der Waals surface area contributed by atoms with Crippen molar-refractivity contribution in [1.29, 1.82) is 0 Å². The highest BCUT2D eigenvalue weighted by Crippen LogP contribution is 2.55. The van der Waals surface area contributed by atoms with Crippen molar-refractivity contribution >= 4 is 24.3 Å². The van der Waals surface area contributed by atoms with Crippen LogP contribution in [0.15, 0.2) is 20.0 Å². The number of isocyanates is 4. The van der Waals surface area contributed by atoms with E-state index < -0.39 is 17.0 Å².